The molecule has 0 unspecified atom stereocenters. The highest BCUT2D eigenvalue weighted by Gasteiger charge is 2.24. The zero-order valence-electron chi connectivity index (χ0n) is 13.1. The molecule has 0 saturated heterocycles. The van der Waals surface area contributed by atoms with Crippen molar-refractivity contribution in [2.75, 3.05) is 0 Å². The van der Waals surface area contributed by atoms with E-state index < -0.39 is 10.0 Å². The van der Waals surface area contributed by atoms with Gasteiger partial charge in [0.05, 0.1) is 17.1 Å². The van der Waals surface area contributed by atoms with E-state index in [0.29, 0.717) is 5.70 Å². The van der Waals surface area contributed by atoms with Gasteiger partial charge in [-0.3, -0.25) is 4.31 Å². The van der Waals surface area contributed by atoms with Gasteiger partial charge < -0.3 is 0 Å². The van der Waals surface area contributed by atoms with E-state index in [-0.39, 0.29) is 11.4 Å². The molecule has 0 heterocycles. The molecular formula is C19H19NO2S. The summed E-state index contributed by atoms with van der Waals surface area (Å²) in [6.07, 6.45) is 1.47. The number of rotatable bonds is 6. The molecule has 0 aliphatic heterocycles. The van der Waals surface area contributed by atoms with Crippen LogP contribution in [0.5, 0.6) is 0 Å². The van der Waals surface area contributed by atoms with Crippen LogP contribution in [0.3, 0.4) is 0 Å². The minimum absolute atomic E-state index is 0.202. The molecule has 2 rings (SSSR count). The standard InChI is InChI=1S/C19H19NO2S/c1-4-8-17(3)20(15-18-9-6-5-7-10-18)23(21,22)19-13-11-16(2)12-14-19/h5-14H,1,3,15H2,2H3. The van der Waals surface area contributed by atoms with Crippen molar-refractivity contribution in [3.8, 4) is 0 Å². The third-order valence-electron chi connectivity index (χ3n) is 3.37. The van der Waals surface area contributed by atoms with Gasteiger partial charge in [-0.2, -0.15) is 0 Å². The molecular weight excluding hydrogens is 306 g/mol. The van der Waals surface area contributed by atoms with Gasteiger partial charge in [-0.25, -0.2) is 8.42 Å². The summed E-state index contributed by atoms with van der Waals surface area (Å²) in [6, 6.07) is 16.2. The number of aryl methyl sites for hydroxylation is 1. The second kappa shape index (κ2) is 7.14. The Bertz CT molecular complexity index is 831. The van der Waals surface area contributed by atoms with Crippen molar-refractivity contribution in [2.45, 2.75) is 18.4 Å². The first kappa shape index (κ1) is 16.8. The van der Waals surface area contributed by atoms with Crippen molar-refractivity contribution in [3.63, 3.8) is 0 Å². The fourth-order valence-corrected chi connectivity index (χ4v) is 3.53. The lowest BCUT2D eigenvalue weighted by Gasteiger charge is -2.24. The van der Waals surface area contributed by atoms with Crippen LogP contribution >= 0.6 is 0 Å². The highest BCUT2D eigenvalue weighted by atomic mass is 32.2. The van der Waals surface area contributed by atoms with E-state index in [9.17, 15) is 8.42 Å². The van der Waals surface area contributed by atoms with Gasteiger partial charge in [0, 0.05) is 6.08 Å². The quantitative estimate of drug-likeness (QED) is 0.594. The summed E-state index contributed by atoms with van der Waals surface area (Å²) in [5.74, 6) is 0. The van der Waals surface area contributed by atoms with Crippen LogP contribution in [0.4, 0.5) is 0 Å². The van der Waals surface area contributed by atoms with Crippen molar-refractivity contribution >= 4 is 10.0 Å². The van der Waals surface area contributed by atoms with E-state index in [1.807, 2.05) is 37.3 Å². The van der Waals surface area contributed by atoms with E-state index in [1.54, 1.807) is 24.3 Å². The molecule has 0 N–H and O–H groups in total. The lowest BCUT2D eigenvalue weighted by molar-refractivity contribution is 0.481. The van der Waals surface area contributed by atoms with Gasteiger partial charge in [0.2, 0.25) is 0 Å². The molecule has 0 aliphatic rings. The van der Waals surface area contributed by atoms with Gasteiger partial charge in [-0.1, -0.05) is 61.2 Å². The molecule has 2 aromatic carbocycles. The minimum Gasteiger partial charge on any atom is -0.262 e. The maximum Gasteiger partial charge on any atom is 0.264 e. The smallest absolute Gasteiger partial charge is 0.262 e. The number of hydrogen-bond donors (Lipinski definition) is 0. The highest BCUT2D eigenvalue weighted by molar-refractivity contribution is 7.89. The van der Waals surface area contributed by atoms with Crippen LogP contribution in [0.2, 0.25) is 0 Å². The number of hydrogen-bond acceptors (Lipinski definition) is 2. The molecule has 0 saturated carbocycles. The maximum atomic E-state index is 13.0. The Morgan fingerprint density at radius 2 is 1.74 bits per heavy atom. The highest BCUT2D eigenvalue weighted by Crippen LogP contribution is 2.23. The van der Waals surface area contributed by atoms with Crippen LogP contribution in [0.15, 0.2) is 90.2 Å². The van der Waals surface area contributed by atoms with Crippen molar-refractivity contribution in [1.29, 1.82) is 0 Å². The Kier molecular flexibility index (Phi) is 5.22. The zero-order valence-corrected chi connectivity index (χ0v) is 13.9. The van der Waals surface area contributed by atoms with Crippen molar-refractivity contribution in [1.82, 2.24) is 4.31 Å². The first-order valence-electron chi connectivity index (χ1n) is 7.13. The summed E-state index contributed by atoms with van der Waals surface area (Å²) in [7, 11) is -3.70. The van der Waals surface area contributed by atoms with Gasteiger partial charge >= 0.3 is 0 Å². The fourth-order valence-electron chi connectivity index (χ4n) is 2.12. The molecule has 0 amide bonds. The number of benzene rings is 2. The van der Waals surface area contributed by atoms with Crippen LogP contribution < -0.4 is 0 Å². The molecule has 0 radical (unpaired) electrons. The summed E-state index contributed by atoms with van der Waals surface area (Å²) < 4.78 is 27.2. The first-order valence-corrected chi connectivity index (χ1v) is 8.57. The van der Waals surface area contributed by atoms with Crippen LogP contribution in [0, 0.1) is 6.92 Å². The molecule has 118 valence electrons. The van der Waals surface area contributed by atoms with Crippen LogP contribution in [-0.2, 0) is 16.6 Å². The molecule has 0 fully saturated rings. The molecule has 0 aliphatic carbocycles. The normalized spacial score (nSPS) is 10.7. The summed E-state index contributed by atoms with van der Waals surface area (Å²) in [4.78, 5) is 0.234. The number of allylic oxidation sites excluding steroid dienone is 1. The molecule has 4 heteroatoms. The van der Waals surface area contributed by atoms with Gasteiger partial charge in [-0.05, 0) is 24.6 Å². The monoisotopic (exact) mass is 325 g/mol. The summed E-state index contributed by atoms with van der Waals surface area (Å²) in [6.45, 7) is 9.45. The van der Waals surface area contributed by atoms with Crippen molar-refractivity contribution in [3.05, 3.63) is 96.4 Å². The SMILES string of the molecule is C=C=CC(=C)N(Cc1ccccc1)S(=O)(=O)c1ccc(C)cc1. The Hall–Kier alpha value is -2.55. The Labute approximate surface area is 137 Å². The van der Waals surface area contributed by atoms with Gasteiger partial charge in [0.25, 0.3) is 10.0 Å². The van der Waals surface area contributed by atoms with Gasteiger partial charge in [0.15, 0.2) is 0 Å². The van der Waals surface area contributed by atoms with Crippen molar-refractivity contribution < 1.29 is 8.42 Å². The number of nitrogens with zero attached hydrogens (tertiary/aromatic N) is 1. The number of sulfonamides is 1. The van der Waals surface area contributed by atoms with Gasteiger partial charge in [-0.15, -0.1) is 5.73 Å². The van der Waals surface area contributed by atoms with Crippen LogP contribution in [-0.4, -0.2) is 12.7 Å². The Balaban J connectivity index is 2.45. The Morgan fingerprint density at radius 1 is 1.13 bits per heavy atom. The average Bonchev–Trinajstić information content (AvgIpc) is 2.54. The molecule has 2 aromatic rings. The maximum absolute atomic E-state index is 13.0. The summed E-state index contributed by atoms with van der Waals surface area (Å²) >= 11 is 0. The van der Waals surface area contributed by atoms with E-state index in [0.717, 1.165) is 11.1 Å². The Morgan fingerprint density at radius 3 is 2.30 bits per heavy atom. The first-order chi connectivity index (χ1) is 10.9. The lowest BCUT2D eigenvalue weighted by Crippen LogP contribution is -2.29. The predicted molar refractivity (Wildman–Crippen MR) is 93.2 cm³/mol. The van der Waals surface area contributed by atoms with E-state index >= 15 is 0 Å². The third-order valence-corrected chi connectivity index (χ3v) is 5.18. The molecule has 3 nitrogen and oxygen atoms in total. The molecule has 0 spiro atoms. The molecule has 23 heavy (non-hydrogen) atoms. The predicted octanol–water partition coefficient (Wildman–Crippen LogP) is 4.04. The largest absolute Gasteiger partial charge is 0.264 e. The average molecular weight is 325 g/mol. The van der Waals surface area contributed by atoms with Crippen LogP contribution in [0.25, 0.3) is 0 Å². The van der Waals surface area contributed by atoms with Crippen molar-refractivity contribution in [2.24, 2.45) is 0 Å². The van der Waals surface area contributed by atoms with E-state index in [1.165, 1.54) is 10.4 Å². The minimum atomic E-state index is -3.70. The van der Waals surface area contributed by atoms with E-state index in [4.69, 9.17) is 0 Å². The van der Waals surface area contributed by atoms with E-state index in [2.05, 4.69) is 18.9 Å². The topological polar surface area (TPSA) is 37.4 Å². The second-order valence-electron chi connectivity index (χ2n) is 5.15. The lowest BCUT2D eigenvalue weighted by atomic mass is 10.2. The summed E-state index contributed by atoms with van der Waals surface area (Å²) in [5.41, 5.74) is 4.79. The van der Waals surface area contributed by atoms with Gasteiger partial charge in [0.1, 0.15) is 0 Å². The molecule has 0 atom stereocenters. The second-order valence-corrected chi connectivity index (χ2v) is 7.01. The fraction of sp³-hybridized carbons (Fsp3) is 0.105. The summed E-state index contributed by atoms with van der Waals surface area (Å²) in [5, 5.41) is 0. The third kappa shape index (κ3) is 4.01. The van der Waals surface area contributed by atoms with Crippen LogP contribution in [0.1, 0.15) is 11.1 Å². The molecule has 0 bridgehead atoms. The molecule has 0 aromatic heterocycles. The zero-order chi connectivity index (χ0) is 16.9.